The molecule has 6 heteroatoms. The van der Waals surface area contributed by atoms with Crippen molar-refractivity contribution in [1.29, 1.82) is 0 Å². The maximum absolute atomic E-state index is 12.5. The van der Waals surface area contributed by atoms with Crippen LogP contribution in [0.5, 0.6) is 0 Å². The van der Waals surface area contributed by atoms with Gasteiger partial charge in [0, 0.05) is 25.6 Å². The van der Waals surface area contributed by atoms with Crippen molar-refractivity contribution in [3.8, 4) is 0 Å². The first-order valence-corrected chi connectivity index (χ1v) is 11.9. The first-order chi connectivity index (χ1) is 13.1. The van der Waals surface area contributed by atoms with Gasteiger partial charge in [-0.2, -0.15) is 4.31 Å². The fourth-order valence-electron chi connectivity index (χ4n) is 4.06. The third-order valence-corrected chi connectivity index (χ3v) is 7.65. The Kier molecular flexibility index (Phi) is 7.30. The van der Waals surface area contributed by atoms with Gasteiger partial charge in [-0.25, -0.2) is 8.42 Å². The van der Waals surface area contributed by atoms with Crippen molar-refractivity contribution in [3.05, 3.63) is 29.8 Å². The van der Waals surface area contributed by atoms with Crippen LogP contribution in [0.15, 0.2) is 29.2 Å². The van der Waals surface area contributed by atoms with Crippen LogP contribution in [0.4, 0.5) is 0 Å². The Bertz CT molecular complexity index is 701. The number of hydrogen-bond acceptors (Lipinski definition) is 3. The van der Waals surface area contributed by atoms with Gasteiger partial charge in [-0.05, 0) is 49.8 Å². The minimum Gasteiger partial charge on any atom is -0.353 e. The summed E-state index contributed by atoms with van der Waals surface area (Å²) in [5.41, 5.74) is 1.00. The van der Waals surface area contributed by atoms with Crippen LogP contribution in [-0.4, -0.2) is 37.8 Å². The number of nitrogens with zero attached hydrogens (tertiary/aromatic N) is 1. The summed E-state index contributed by atoms with van der Waals surface area (Å²) in [7, 11) is -3.36. The smallest absolute Gasteiger partial charge is 0.243 e. The van der Waals surface area contributed by atoms with Gasteiger partial charge in [0.1, 0.15) is 0 Å². The number of aryl methyl sites for hydroxylation is 1. The summed E-state index contributed by atoms with van der Waals surface area (Å²) in [6, 6.07) is 7.36. The number of benzene rings is 1. The number of nitrogens with one attached hydrogen (secondary N) is 1. The molecular weight excluding hydrogens is 360 g/mol. The number of rotatable bonds is 6. The normalized spacial score (nSPS) is 20.1. The highest BCUT2D eigenvalue weighted by Crippen LogP contribution is 2.21. The van der Waals surface area contributed by atoms with Crippen molar-refractivity contribution in [2.24, 2.45) is 0 Å². The molecule has 150 valence electrons. The Hall–Kier alpha value is -1.40. The Balaban J connectivity index is 1.48. The fraction of sp³-hybridized carbons (Fsp3) is 0.667. The summed E-state index contributed by atoms with van der Waals surface area (Å²) in [6.07, 6.45) is 11.4. The molecule has 1 aromatic carbocycles. The maximum Gasteiger partial charge on any atom is 0.243 e. The molecular formula is C21H32N2O3S. The Morgan fingerprint density at radius 3 is 2.15 bits per heavy atom. The molecule has 1 aromatic rings. The van der Waals surface area contributed by atoms with E-state index in [0.29, 0.717) is 36.9 Å². The van der Waals surface area contributed by atoms with Crippen LogP contribution < -0.4 is 5.32 Å². The molecule has 27 heavy (non-hydrogen) atoms. The summed E-state index contributed by atoms with van der Waals surface area (Å²) < 4.78 is 26.7. The van der Waals surface area contributed by atoms with E-state index in [0.717, 1.165) is 31.2 Å². The maximum atomic E-state index is 12.5. The van der Waals surface area contributed by atoms with Crippen LogP contribution in [0.25, 0.3) is 0 Å². The molecule has 2 fully saturated rings. The van der Waals surface area contributed by atoms with Crippen molar-refractivity contribution in [2.75, 3.05) is 13.1 Å². The van der Waals surface area contributed by atoms with E-state index in [1.54, 1.807) is 16.4 Å². The van der Waals surface area contributed by atoms with Crippen LogP contribution in [0.3, 0.4) is 0 Å². The number of carbonyl (C=O) groups is 1. The van der Waals surface area contributed by atoms with E-state index < -0.39 is 10.0 Å². The fourth-order valence-corrected chi connectivity index (χ4v) is 5.58. The molecule has 1 N–H and O–H groups in total. The zero-order valence-corrected chi connectivity index (χ0v) is 17.0. The van der Waals surface area contributed by atoms with Crippen LogP contribution in [0, 0.1) is 0 Å². The van der Waals surface area contributed by atoms with Crippen LogP contribution >= 0.6 is 0 Å². The third-order valence-electron chi connectivity index (χ3n) is 5.74. The minimum absolute atomic E-state index is 0.106. The van der Waals surface area contributed by atoms with Gasteiger partial charge >= 0.3 is 0 Å². The number of sulfonamides is 1. The van der Waals surface area contributed by atoms with Crippen molar-refractivity contribution in [1.82, 2.24) is 9.62 Å². The topological polar surface area (TPSA) is 66.5 Å². The van der Waals surface area contributed by atoms with Crippen LogP contribution in [0.1, 0.15) is 69.8 Å². The first-order valence-electron chi connectivity index (χ1n) is 10.4. The van der Waals surface area contributed by atoms with Crippen molar-refractivity contribution < 1.29 is 13.2 Å². The zero-order valence-electron chi connectivity index (χ0n) is 16.2. The van der Waals surface area contributed by atoms with Crippen LogP contribution in [-0.2, 0) is 21.2 Å². The van der Waals surface area contributed by atoms with Crippen molar-refractivity contribution in [2.45, 2.75) is 81.6 Å². The molecule has 1 saturated heterocycles. The molecule has 0 radical (unpaired) electrons. The second-order valence-electron chi connectivity index (χ2n) is 7.86. The lowest BCUT2D eigenvalue weighted by Gasteiger charge is -2.21. The van der Waals surface area contributed by atoms with E-state index in [-0.39, 0.29) is 5.91 Å². The van der Waals surface area contributed by atoms with E-state index in [1.165, 1.54) is 32.1 Å². The van der Waals surface area contributed by atoms with Gasteiger partial charge in [-0.1, -0.05) is 44.2 Å². The second-order valence-corrected chi connectivity index (χ2v) is 9.80. The summed E-state index contributed by atoms with van der Waals surface area (Å²) in [5, 5.41) is 3.19. The lowest BCUT2D eigenvalue weighted by molar-refractivity contribution is -0.121. The SMILES string of the molecule is O=C(CCc1ccc(S(=O)(=O)N2CCCC2)cc1)NC1CCCCCCC1. The highest BCUT2D eigenvalue weighted by molar-refractivity contribution is 7.89. The third kappa shape index (κ3) is 5.79. The summed E-state index contributed by atoms with van der Waals surface area (Å²) in [4.78, 5) is 12.6. The van der Waals surface area contributed by atoms with Gasteiger partial charge in [0.15, 0.2) is 0 Å². The number of hydrogen-bond donors (Lipinski definition) is 1. The molecule has 0 atom stereocenters. The molecule has 1 aliphatic carbocycles. The average Bonchev–Trinajstić information content (AvgIpc) is 3.18. The molecule has 0 unspecified atom stereocenters. The van der Waals surface area contributed by atoms with Gasteiger partial charge in [0.05, 0.1) is 4.90 Å². The summed E-state index contributed by atoms with van der Waals surface area (Å²) in [5.74, 6) is 0.106. The van der Waals surface area contributed by atoms with Gasteiger partial charge < -0.3 is 5.32 Å². The molecule has 0 bridgehead atoms. The lowest BCUT2D eigenvalue weighted by Crippen LogP contribution is -2.35. The predicted molar refractivity (Wildman–Crippen MR) is 107 cm³/mol. The van der Waals surface area contributed by atoms with Gasteiger partial charge in [0.2, 0.25) is 15.9 Å². The zero-order chi connectivity index (χ0) is 19.1. The molecule has 1 heterocycles. The number of amides is 1. The largest absolute Gasteiger partial charge is 0.353 e. The van der Waals surface area contributed by atoms with Crippen molar-refractivity contribution in [3.63, 3.8) is 0 Å². The molecule has 3 rings (SSSR count). The van der Waals surface area contributed by atoms with Gasteiger partial charge in [-0.15, -0.1) is 0 Å². The van der Waals surface area contributed by atoms with E-state index in [9.17, 15) is 13.2 Å². The Morgan fingerprint density at radius 2 is 1.52 bits per heavy atom. The molecule has 1 amide bonds. The highest BCUT2D eigenvalue weighted by Gasteiger charge is 2.26. The molecule has 0 spiro atoms. The standard InChI is InChI=1S/C21H32N2O3S/c24-21(22-19-8-4-2-1-3-5-9-19)15-12-18-10-13-20(14-11-18)27(25,26)23-16-6-7-17-23/h10-11,13-14,19H,1-9,12,15-17H2,(H,22,24). The molecule has 0 aromatic heterocycles. The van der Waals surface area contributed by atoms with Crippen LogP contribution in [0.2, 0.25) is 0 Å². The van der Waals surface area contributed by atoms with E-state index >= 15 is 0 Å². The Morgan fingerprint density at radius 1 is 0.926 bits per heavy atom. The van der Waals surface area contributed by atoms with E-state index in [1.807, 2.05) is 12.1 Å². The van der Waals surface area contributed by atoms with E-state index in [4.69, 9.17) is 0 Å². The minimum atomic E-state index is -3.36. The monoisotopic (exact) mass is 392 g/mol. The molecule has 5 nitrogen and oxygen atoms in total. The van der Waals surface area contributed by atoms with E-state index in [2.05, 4.69) is 5.32 Å². The second kappa shape index (κ2) is 9.69. The summed E-state index contributed by atoms with van der Waals surface area (Å²) >= 11 is 0. The molecule has 1 saturated carbocycles. The van der Waals surface area contributed by atoms with Gasteiger partial charge in [0.25, 0.3) is 0 Å². The Labute approximate surface area is 163 Å². The predicted octanol–water partition coefficient (Wildman–Crippen LogP) is 3.63. The highest BCUT2D eigenvalue weighted by atomic mass is 32.2. The van der Waals surface area contributed by atoms with Crippen molar-refractivity contribution >= 4 is 15.9 Å². The van der Waals surface area contributed by atoms with Gasteiger partial charge in [-0.3, -0.25) is 4.79 Å². The quantitative estimate of drug-likeness (QED) is 0.804. The summed E-state index contributed by atoms with van der Waals surface area (Å²) in [6.45, 7) is 1.23. The number of carbonyl (C=O) groups excluding carboxylic acids is 1. The molecule has 1 aliphatic heterocycles. The lowest BCUT2D eigenvalue weighted by atomic mass is 9.96. The first kappa shape index (κ1) is 20.3. The average molecular weight is 393 g/mol. The molecule has 2 aliphatic rings.